The minimum Gasteiger partial charge on any atom is -0.458 e. The van der Waals surface area contributed by atoms with E-state index in [1.165, 1.54) is 0 Å². The first kappa shape index (κ1) is 20.9. The molecule has 1 N–H and O–H groups in total. The Hall–Kier alpha value is -1.40. The van der Waals surface area contributed by atoms with E-state index >= 15 is 0 Å². The third kappa shape index (κ3) is 3.67. The van der Waals surface area contributed by atoms with Crippen molar-refractivity contribution >= 4 is 11.9 Å². The Morgan fingerprint density at radius 3 is 2.50 bits per heavy atom. The van der Waals surface area contributed by atoms with Crippen LogP contribution in [0.25, 0.3) is 0 Å². The maximum Gasteiger partial charge on any atom is 0.333 e. The Morgan fingerprint density at radius 2 is 2.00 bits per heavy atom. The van der Waals surface area contributed by atoms with E-state index in [9.17, 15) is 14.7 Å². The van der Waals surface area contributed by atoms with E-state index in [2.05, 4.69) is 6.58 Å². The van der Waals surface area contributed by atoms with Crippen LogP contribution in [0.15, 0.2) is 12.2 Å². The maximum absolute atomic E-state index is 12.9. The fourth-order valence-electron chi connectivity index (χ4n) is 4.26. The molecule has 1 saturated carbocycles. The predicted octanol–water partition coefficient (Wildman–Crippen LogP) is 2.92. The number of carbonyl (C=O) groups is 2. The van der Waals surface area contributed by atoms with Gasteiger partial charge in [-0.05, 0) is 46.5 Å². The highest BCUT2D eigenvalue weighted by atomic mass is 16.6. The lowest BCUT2D eigenvalue weighted by atomic mass is 9.61. The van der Waals surface area contributed by atoms with Gasteiger partial charge >= 0.3 is 11.9 Å². The van der Waals surface area contributed by atoms with Gasteiger partial charge in [0.05, 0.1) is 17.8 Å². The van der Waals surface area contributed by atoms with Crippen LogP contribution in [0, 0.1) is 5.41 Å². The van der Waals surface area contributed by atoms with Gasteiger partial charge in [0.25, 0.3) is 0 Å². The molecule has 2 fully saturated rings. The molecule has 1 aliphatic heterocycles. The van der Waals surface area contributed by atoms with Crippen LogP contribution in [0.4, 0.5) is 0 Å². The van der Waals surface area contributed by atoms with Crippen molar-refractivity contribution in [3.63, 3.8) is 0 Å². The molecule has 3 unspecified atom stereocenters. The molecule has 0 amide bonds. The number of esters is 2. The van der Waals surface area contributed by atoms with Crippen molar-refractivity contribution in [2.75, 3.05) is 6.61 Å². The number of fused-ring (bicyclic) bond motifs is 2. The lowest BCUT2D eigenvalue weighted by Crippen LogP contribution is -2.55. The van der Waals surface area contributed by atoms with Crippen molar-refractivity contribution in [3.8, 4) is 0 Å². The monoisotopic (exact) mass is 368 g/mol. The maximum atomic E-state index is 12.9. The van der Waals surface area contributed by atoms with Gasteiger partial charge in [0.15, 0.2) is 0 Å². The molecule has 0 aromatic carbocycles. The molecule has 0 aromatic rings. The first-order valence-corrected chi connectivity index (χ1v) is 9.44. The zero-order valence-corrected chi connectivity index (χ0v) is 16.6. The first-order chi connectivity index (χ1) is 12.0. The molecule has 26 heavy (non-hydrogen) atoms. The van der Waals surface area contributed by atoms with E-state index in [4.69, 9.17) is 14.2 Å². The van der Waals surface area contributed by atoms with Crippen LogP contribution >= 0.6 is 0 Å². The molecule has 1 heterocycles. The second kappa shape index (κ2) is 7.31. The van der Waals surface area contributed by atoms with Crippen molar-refractivity contribution in [1.29, 1.82) is 0 Å². The summed E-state index contributed by atoms with van der Waals surface area (Å²) in [5, 5.41) is 10.1. The summed E-state index contributed by atoms with van der Waals surface area (Å²) in [5.74, 6) is -0.739. The Kier molecular flexibility index (Phi) is 5.88. The van der Waals surface area contributed by atoms with E-state index in [1.54, 1.807) is 20.8 Å². The SMILES string of the molecule is C=C(C)C(=O)OC1CCC2(C(CC)(CC)OCC(C)(C)O)CC1OC2=O. The third-order valence-corrected chi connectivity index (χ3v) is 5.79. The molecule has 6 heteroatoms. The van der Waals surface area contributed by atoms with Crippen molar-refractivity contribution in [2.45, 2.75) is 90.1 Å². The fraction of sp³-hybridized carbons (Fsp3) is 0.800. The largest absolute Gasteiger partial charge is 0.458 e. The van der Waals surface area contributed by atoms with Gasteiger partial charge in [-0.1, -0.05) is 20.4 Å². The summed E-state index contributed by atoms with van der Waals surface area (Å²) in [4.78, 5) is 24.8. The summed E-state index contributed by atoms with van der Waals surface area (Å²) in [7, 11) is 0. The zero-order valence-electron chi connectivity index (χ0n) is 16.6. The fourth-order valence-corrected chi connectivity index (χ4v) is 4.26. The molecule has 1 saturated heterocycles. The lowest BCUT2D eigenvalue weighted by molar-refractivity contribution is -0.189. The van der Waals surface area contributed by atoms with E-state index in [0.29, 0.717) is 37.7 Å². The molecule has 0 spiro atoms. The Balaban J connectivity index is 2.24. The summed E-state index contributed by atoms with van der Waals surface area (Å²) < 4.78 is 17.3. The lowest BCUT2D eigenvalue weighted by Gasteiger charge is -2.47. The van der Waals surface area contributed by atoms with Crippen LogP contribution in [-0.4, -0.2) is 47.1 Å². The molecule has 2 rings (SSSR count). The Labute approximate surface area is 155 Å². The number of hydrogen-bond donors (Lipinski definition) is 1. The Morgan fingerprint density at radius 1 is 1.38 bits per heavy atom. The highest BCUT2D eigenvalue weighted by molar-refractivity contribution is 5.87. The van der Waals surface area contributed by atoms with E-state index < -0.39 is 34.8 Å². The number of aliphatic hydroxyl groups is 1. The smallest absolute Gasteiger partial charge is 0.333 e. The summed E-state index contributed by atoms with van der Waals surface area (Å²) in [6, 6.07) is 0. The van der Waals surface area contributed by atoms with Gasteiger partial charge in [-0.2, -0.15) is 0 Å². The summed E-state index contributed by atoms with van der Waals surface area (Å²) in [5.41, 5.74) is -2.13. The quantitative estimate of drug-likeness (QED) is 0.524. The zero-order chi connectivity index (χ0) is 19.8. The topological polar surface area (TPSA) is 82.1 Å². The van der Waals surface area contributed by atoms with Gasteiger partial charge < -0.3 is 19.3 Å². The van der Waals surface area contributed by atoms with E-state index in [1.807, 2.05) is 13.8 Å². The molecule has 2 bridgehead atoms. The number of carbonyl (C=O) groups excluding carboxylic acids is 2. The summed E-state index contributed by atoms with van der Waals surface area (Å²) in [6.45, 7) is 12.7. The molecule has 6 nitrogen and oxygen atoms in total. The summed E-state index contributed by atoms with van der Waals surface area (Å²) >= 11 is 0. The van der Waals surface area contributed by atoms with Crippen LogP contribution in [0.2, 0.25) is 0 Å². The highest BCUT2D eigenvalue weighted by Crippen LogP contribution is 2.56. The van der Waals surface area contributed by atoms with Crippen molar-refractivity contribution in [3.05, 3.63) is 12.2 Å². The molecule has 2 aliphatic rings. The van der Waals surface area contributed by atoms with Gasteiger partial charge in [-0.3, -0.25) is 4.79 Å². The van der Waals surface area contributed by atoms with Gasteiger partial charge in [-0.15, -0.1) is 0 Å². The molecule has 3 atom stereocenters. The van der Waals surface area contributed by atoms with Crippen LogP contribution in [-0.2, 0) is 23.8 Å². The third-order valence-electron chi connectivity index (χ3n) is 5.79. The van der Waals surface area contributed by atoms with Crippen molar-refractivity contribution < 1.29 is 28.9 Å². The molecule has 0 radical (unpaired) electrons. The molecule has 148 valence electrons. The van der Waals surface area contributed by atoms with E-state index in [-0.39, 0.29) is 12.6 Å². The van der Waals surface area contributed by atoms with Crippen molar-refractivity contribution in [2.24, 2.45) is 5.41 Å². The predicted molar refractivity (Wildman–Crippen MR) is 96.4 cm³/mol. The number of rotatable bonds is 8. The standard InChI is InChI=1S/C20H32O6/c1-7-20(8-2,24-12-18(5,6)23)19-10-9-14(25-16(21)13(3)4)15(11-19)26-17(19)22/h14-15,23H,3,7-12H2,1-2,4-6H3. The van der Waals surface area contributed by atoms with Gasteiger partial charge in [-0.25, -0.2) is 4.79 Å². The highest BCUT2D eigenvalue weighted by Gasteiger charge is 2.65. The first-order valence-electron chi connectivity index (χ1n) is 9.44. The van der Waals surface area contributed by atoms with Gasteiger partial charge in [0, 0.05) is 12.0 Å². The molecular formula is C20H32O6. The van der Waals surface area contributed by atoms with Crippen LogP contribution in [0.5, 0.6) is 0 Å². The number of ether oxygens (including phenoxy) is 3. The van der Waals surface area contributed by atoms with Gasteiger partial charge in [0.1, 0.15) is 17.6 Å². The molecule has 0 aromatic heterocycles. The number of hydrogen-bond acceptors (Lipinski definition) is 6. The average Bonchev–Trinajstić information content (AvgIpc) is 2.83. The average molecular weight is 368 g/mol. The second-order valence-electron chi connectivity index (χ2n) is 8.30. The van der Waals surface area contributed by atoms with Gasteiger partial charge in [0.2, 0.25) is 0 Å². The van der Waals surface area contributed by atoms with Crippen LogP contribution in [0.1, 0.15) is 66.7 Å². The van der Waals surface area contributed by atoms with E-state index in [0.717, 1.165) is 0 Å². The normalized spacial score (nSPS) is 28.6. The minimum absolute atomic E-state index is 0.141. The molecular weight excluding hydrogens is 336 g/mol. The van der Waals surface area contributed by atoms with Crippen molar-refractivity contribution in [1.82, 2.24) is 0 Å². The second-order valence-corrected chi connectivity index (χ2v) is 8.30. The van der Waals surface area contributed by atoms with Crippen LogP contribution in [0.3, 0.4) is 0 Å². The minimum atomic E-state index is -0.984. The molecule has 1 aliphatic carbocycles. The van der Waals surface area contributed by atoms with Crippen LogP contribution < -0.4 is 0 Å². The Bertz CT molecular complexity index is 571. The summed E-state index contributed by atoms with van der Waals surface area (Å²) in [6.07, 6.45) is 1.91.